The van der Waals surface area contributed by atoms with Crippen LogP contribution < -0.4 is 0 Å². The Balaban J connectivity index is 1.58. The van der Waals surface area contributed by atoms with Crippen molar-refractivity contribution in [2.75, 3.05) is 24.6 Å². The van der Waals surface area contributed by atoms with E-state index in [1.807, 2.05) is 12.1 Å². The maximum absolute atomic E-state index is 12.6. The molecule has 1 aliphatic heterocycles. The van der Waals surface area contributed by atoms with E-state index in [-0.39, 0.29) is 56.0 Å². The topological polar surface area (TPSA) is 119 Å². The van der Waals surface area contributed by atoms with Crippen LogP contribution in [-0.4, -0.2) is 63.5 Å². The SMILES string of the molecule is O=C(CCc1oc(-n2ccnc2CO)nc1-c1ccc(Cl)cc1)N1CCS(=O)(=O)CC1. The number of nitrogens with zero attached hydrogens (tertiary/aromatic N) is 4. The fourth-order valence-electron chi connectivity index (χ4n) is 3.41. The highest BCUT2D eigenvalue weighted by molar-refractivity contribution is 7.91. The van der Waals surface area contributed by atoms with Gasteiger partial charge in [0.05, 0.1) is 11.5 Å². The minimum absolute atomic E-state index is 0.00815. The van der Waals surface area contributed by atoms with Crippen LogP contribution in [0, 0.1) is 0 Å². The van der Waals surface area contributed by atoms with Crippen LogP contribution in [0.15, 0.2) is 41.1 Å². The lowest BCUT2D eigenvalue weighted by atomic mass is 10.1. The van der Waals surface area contributed by atoms with E-state index in [2.05, 4.69) is 9.97 Å². The standard InChI is InChI=1S/C20H21ClN4O5S/c21-15-3-1-14(2-4-15)19-16(30-20(23-19)25-8-7-22-17(25)13-26)5-6-18(27)24-9-11-31(28,29)12-10-24/h1-4,7-8,26H,5-6,9-13H2. The first-order valence-electron chi connectivity index (χ1n) is 9.73. The summed E-state index contributed by atoms with van der Waals surface area (Å²) in [6.07, 6.45) is 3.61. The second-order valence-electron chi connectivity index (χ2n) is 7.18. The number of hydrogen-bond donors (Lipinski definition) is 1. The lowest BCUT2D eigenvalue weighted by Gasteiger charge is -2.26. The zero-order valence-corrected chi connectivity index (χ0v) is 18.1. The van der Waals surface area contributed by atoms with Crippen LogP contribution >= 0.6 is 11.6 Å². The summed E-state index contributed by atoms with van der Waals surface area (Å²) in [5, 5.41) is 10.1. The molecule has 0 atom stereocenters. The molecule has 9 nitrogen and oxygen atoms in total. The number of hydrogen-bond acceptors (Lipinski definition) is 7. The maximum Gasteiger partial charge on any atom is 0.308 e. The third-order valence-electron chi connectivity index (χ3n) is 5.13. The number of oxazole rings is 1. The Hall–Kier alpha value is -2.69. The number of aromatic nitrogens is 3. The van der Waals surface area contributed by atoms with Gasteiger partial charge in [-0.1, -0.05) is 23.7 Å². The molecule has 164 valence electrons. The third kappa shape index (κ3) is 4.81. The summed E-state index contributed by atoms with van der Waals surface area (Å²) < 4.78 is 30.7. The molecule has 0 bridgehead atoms. The second-order valence-corrected chi connectivity index (χ2v) is 9.92. The van der Waals surface area contributed by atoms with Crippen molar-refractivity contribution in [3.63, 3.8) is 0 Å². The molecule has 3 aromatic rings. The van der Waals surface area contributed by atoms with Crippen molar-refractivity contribution in [1.82, 2.24) is 19.4 Å². The number of amides is 1. The molecule has 1 amide bonds. The van der Waals surface area contributed by atoms with Crippen LogP contribution in [0.25, 0.3) is 17.3 Å². The van der Waals surface area contributed by atoms with Gasteiger partial charge in [-0.3, -0.25) is 9.36 Å². The van der Waals surface area contributed by atoms with Crippen molar-refractivity contribution in [3.05, 3.63) is 53.3 Å². The normalized spacial score (nSPS) is 15.9. The molecule has 0 unspecified atom stereocenters. The van der Waals surface area contributed by atoms with Crippen LogP contribution in [0.2, 0.25) is 5.02 Å². The molecular weight excluding hydrogens is 444 g/mol. The Morgan fingerprint density at radius 1 is 1.19 bits per heavy atom. The number of imidazole rings is 1. The van der Waals surface area contributed by atoms with E-state index in [1.54, 1.807) is 27.8 Å². The van der Waals surface area contributed by atoms with Crippen molar-refractivity contribution < 1.29 is 22.7 Å². The minimum Gasteiger partial charge on any atom is -0.427 e. The average molecular weight is 465 g/mol. The van der Waals surface area contributed by atoms with E-state index in [0.29, 0.717) is 22.3 Å². The minimum atomic E-state index is -3.05. The van der Waals surface area contributed by atoms with Gasteiger partial charge in [-0.05, 0) is 12.1 Å². The molecule has 1 aliphatic rings. The van der Waals surface area contributed by atoms with Gasteiger partial charge in [0, 0.05) is 48.9 Å². The van der Waals surface area contributed by atoms with Crippen molar-refractivity contribution in [2.24, 2.45) is 0 Å². The van der Waals surface area contributed by atoms with Crippen molar-refractivity contribution in [3.8, 4) is 17.3 Å². The van der Waals surface area contributed by atoms with Gasteiger partial charge in [0.1, 0.15) is 23.9 Å². The van der Waals surface area contributed by atoms with Gasteiger partial charge in [-0.25, -0.2) is 13.4 Å². The molecule has 0 radical (unpaired) electrons. The summed E-state index contributed by atoms with van der Waals surface area (Å²) in [4.78, 5) is 22.8. The molecule has 0 saturated carbocycles. The van der Waals surface area contributed by atoms with Crippen LogP contribution in [-0.2, 0) is 27.7 Å². The molecule has 1 N–H and O–H groups in total. The van der Waals surface area contributed by atoms with E-state index >= 15 is 0 Å². The highest BCUT2D eigenvalue weighted by Crippen LogP contribution is 2.28. The first kappa shape index (κ1) is 21.5. The number of aliphatic hydroxyl groups excluding tert-OH is 1. The van der Waals surface area contributed by atoms with E-state index < -0.39 is 9.84 Å². The molecule has 2 aromatic heterocycles. The molecule has 4 rings (SSSR count). The number of sulfone groups is 1. The number of halogens is 1. The number of rotatable bonds is 6. The predicted molar refractivity (Wildman–Crippen MR) is 114 cm³/mol. The average Bonchev–Trinajstić information content (AvgIpc) is 3.39. The summed E-state index contributed by atoms with van der Waals surface area (Å²) in [6, 6.07) is 7.34. The summed E-state index contributed by atoms with van der Waals surface area (Å²) >= 11 is 6.00. The molecule has 1 saturated heterocycles. The van der Waals surface area contributed by atoms with Gasteiger partial charge >= 0.3 is 6.01 Å². The monoisotopic (exact) mass is 464 g/mol. The zero-order valence-electron chi connectivity index (χ0n) is 16.6. The highest BCUT2D eigenvalue weighted by Gasteiger charge is 2.26. The smallest absolute Gasteiger partial charge is 0.308 e. The second kappa shape index (κ2) is 8.81. The molecule has 1 aromatic carbocycles. The van der Waals surface area contributed by atoms with Gasteiger partial charge in [0.2, 0.25) is 5.91 Å². The first-order valence-corrected chi connectivity index (χ1v) is 11.9. The predicted octanol–water partition coefficient (Wildman–Crippen LogP) is 1.86. The number of carbonyl (C=O) groups is 1. The number of aliphatic hydroxyl groups is 1. The summed E-state index contributed by atoms with van der Waals surface area (Å²) in [6.45, 7) is 0.140. The van der Waals surface area contributed by atoms with E-state index in [9.17, 15) is 18.3 Å². The summed E-state index contributed by atoms with van der Waals surface area (Å²) in [5.74, 6) is 0.736. The van der Waals surface area contributed by atoms with Gasteiger partial charge in [-0.2, -0.15) is 4.98 Å². The molecule has 11 heteroatoms. The molecule has 3 heterocycles. The van der Waals surface area contributed by atoms with Gasteiger partial charge in [0.15, 0.2) is 9.84 Å². The summed E-state index contributed by atoms with van der Waals surface area (Å²) in [5.41, 5.74) is 1.34. The Morgan fingerprint density at radius 3 is 2.58 bits per heavy atom. The van der Waals surface area contributed by atoms with Gasteiger partial charge in [-0.15, -0.1) is 0 Å². The Morgan fingerprint density at radius 2 is 1.90 bits per heavy atom. The Bertz CT molecular complexity index is 1170. The molecule has 0 spiro atoms. The Kier molecular flexibility index (Phi) is 6.12. The lowest BCUT2D eigenvalue weighted by Crippen LogP contribution is -2.43. The van der Waals surface area contributed by atoms with Crippen LogP contribution in [0.1, 0.15) is 18.0 Å². The largest absolute Gasteiger partial charge is 0.427 e. The quantitative estimate of drug-likeness (QED) is 0.591. The van der Waals surface area contributed by atoms with Crippen LogP contribution in [0.4, 0.5) is 0 Å². The Labute approximate surface area is 184 Å². The number of aryl methyl sites for hydroxylation is 1. The van der Waals surface area contributed by atoms with Crippen molar-refractivity contribution in [1.29, 1.82) is 0 Å². The molecule has 1 fully saturated rings. The van der Waals surface area contributed by atoms with Crippen molar-refractivity contribution >= 4 is 27.3 Å². The third-order valence-corrected chi connectivity index (χ3v) is 6.99. The van der Waals surface area contributed by atoms with Gasteiger partial charge in [0.25, 0.3) is 0 Å². The van der Waals surface area contributed by atoms with Crippen LogP contribution in [0.5, 0.6) is 0 Å². The maximum atomic E-state index is 12.6. The fourth-order valence-corrected chi connectivity index (χ4v) is 4.74. The van der Waals surface area contributed by atoms with Gasteiger partial charge < -0.3 is 14.4 Å². The van der Waals surface area contributed by atoms with E-state index in [4.69, 9.17) is 16.0 Å². The zero-order chi connectivity index (χ0) is 22.0. The lowest BCUT2D eigenvalue weighted by molar-refractivity contribution is -0.130. The van der Waals surface area contributed by atoms with Crippen LogP contribution in [0.3, 0.4) is 0 Å². The molecule has 0 aliphatic carbocycles. The summed E-state index contributed by atoms with van der Waals surface area (Å²) in [7, 11) is -3.05. The fraction of sp³-hybridized carbons (Fsp3) is 0.350. The number of benzene rings is 1. The van der Waals surface area contributed by atoms with E-state index in [0.717, 1.165) is 5.56 Å². The highest BCUT2D eigenvalue weighted by atomic mass is 35.5. The van der Waals surface area contributed by atoms with E-state index in [1.165, 1.54) is 6.20 Å². The van der Waals surface area contributed by atoms with Crippen molar-refractivity contribution in [2.45, 2.75) is 19.4 Å². The number of carbonyl (C=O) groups excluding carboxylic acids is 1. The molecular formula is C20H21ClN4O5S. The first-order chi connectivity index (χ1) is 14.9. The molecule has 31 heavy (non-hydrogen) atoms.